The van der Waals surface area contributed by atoms with Gasteiger partial charge in [-0.15, -0.1) is 0 Å². The third kappa shape index (κ3) is 2.22. The number of esters is 1. The van der Waals surface area contributed by atoms with Crippen molar-refractivity contribution in [3.05, 3.63) is 11.9 Å². The highest BCUT2D eigenvalue weighted by molar-refractivity contribution is 5.67. The van der Waals surface area contributed by atoms with Gasteiger partial charge in [0.15, 0.2) is 5.27 Å². The summed E-state index contributed by atoms with van der Waals surface area (Å²) in [4.78, 5) is 10.8. The molecule has 6 nitrogen and oxygen atoms in total. The van der Waals surface area contributed by atoms with E-state index in [-0.39, 0.29) is 12.4 Å². The lowest BCUT2D eigenvalue weighted by molar-refractivity contribution is -0.752. The van der Waals surface area contributed by atoms with Crippen LogP contribution in [0.3, 0.4) is 0 Å². The summed E-state index contributed by atoms with van der Waals surface area (Å²) in [5, 5.41) is 3.39. The normalized spacial score (nSPS) is 9.75. The minimum Gasteiger partial charge on any atom is -0.660 e. The second-order valence-corrected chi connectivity index (χ2v) is 2.07. The second kappa shape index (κ2) is 3.70. The lowest BCUT2D eigenvalue weighted by Gasteiger charge is -1.93. The number of carbonyl (C=O) groups is 1. The van der Waals surface area contributed by atoms with Gasteiger partial charge in [0.25, 0.3) is 6.54 Å². The Labute approximate surface area is 68.9 Å². The van der Waals surface area contributed by atoms with Gasteiger partial charge in [-0.2, -0.15) is 0 Å². The van der Waals surface area contributed by atoms with Gasteiger partial charge in [0.05, 0.1) is 6.61 Å². The van der Waals surface area contributed by atoms with E-state index in [0.29, 0.717) is 6.61 Å². The number of rotatable bonds is 3. The number of nitrogens with one attached hydrogen (secondary N) is 1. The van der Waals surface area contributed by atoms with Crippen LogP contribution in [0.5, 0.6) is 0 Å². The zero-order valence-corrected chi connectivity index (χ0v) is 6.61. The van der Waals surface area contributed by atoms with Crippen LogP contribution in [0, 0.1) is 0 Å². The molecular weight excluding hydrogens is 162 g/mol. The molecule has 0 atom stereocenters. The third-order valence-corrected chi connectivity index (χ3v) is 1.11. The molecular formula is C6H9N3O3. The van der Waals surface area contributed by atoms with Gasteiger partial charge in [-0.3, -0.25) is 0 Å². The van der Waals surface area contributed by atoms with Crippen LogP contribution in [0.2, 0.25) is 0 Å². The molecule has 0 saturated carbocycles. The monoisotopic (exact) mass is 171 g/mol. The first-order valence-corrected chi connectivity index (χ1v) is 3.46. The molecule has 0 aromatic carbocycles. The maximum atomic E-state index is 10.8. The van der Waals surface area contributed by atoms with Crippen LogP contribution in [0.25, 0.3) is 5.73 Å². The predicted molar refractivity (Wildman–Crippen MR) is 37.3 cm³/mol. The third-order valence-electron chi connectivity index (χ3n) is 1.11. The Bertz CT molecular complexity index is 271. The van der Waals surface area contributed by atoms with Crippen LogP contribution in [0.4, 0.5) is 5.88 Å². The molecule has 6 heteroatoms. The summed E-state index contributed by atoms with van der Waals surface area (Å²) in [5.74, 6) is -0.477. The van der Waals surface area contributed by atoms with Crippen molar-refractivity contribution >= 4 is 11.9 Å². The average molecular weight is 171 g/mol. The fourth-order valence-electron chi connectivity index (χ4n) is 0.692. The Morgan fingerprint density at radius 1 is 1.92 bits per heavy atom. The van der Waals surface area contributed by atoms with Crippen molar-refractivity contribution in [2.45, 2.75) is 13.5 Å². The summed E-state index contributed by atoms with van der Waals surface area (Å²) in [6.45, 7) is 2.04. The van der Waals surface area contributed by atoms with Crippen molar-refractivity contribution in [1.82, 2.24) is 5.27 Å². The fourth-order valence-corrected chi connectivity index (χ4v) is 0.692. The molecule has 0 fully saturated rings. The average Bonchev–Trinajstić information content (AvgIpc) is 2.36. The van der Waals surface area contributed by atoms with Gasteiger partial charge in [-0.1, -0.05) is 0 Å². The number of hydrogen-bond donors (Lipinski definition) is 0. The summed E-state index contributed by atoms with van der Waals surface area (Å²) in [5.41, 5.74) is 6.96. The summed E-state index contributed by atoms with van der Waals surface area (Å²) >= 11 is 0. The molecule has 0 spiro atoms. The summed E-state index contributed by atoms with van der Waals surface area (Å²) in [6, 6.07) is 0. The van der Waals surface area contributed by atoms with Crippen LogP contribution < -0.4 is 4.68 Å². The maximum absolute atomic E-state index is 10.8. The van der Waals surface area contributed by atoms with Crippen LogP contribution in [-0.4, -0.2) is 17.8 Å². The summed E-state index contributed by atoms with van der Waals surface area (Å²) in [6.07, 6.45) is 1.30. The smallest absolute Gasteiger partial charge is 0.375 e. The lowest BCUT2D eigenvalue weighted by Crippen LogP contribution is -2.39. The Morgan fingerprint density at radius 2 is 2.67 bits per heavy atom. The molecule has 0 aliphatic heterocycles. The van der Waals surface area contributed by atoms with Crippen molar-refractivity contribution in [3.8, 4) is 0 Å². The molecule has 0 saturated heterocycles. The van der Waals surface area contributed by atoms with E-state index in [1.54, 1.807) is 6.92 Å². The van der Waals surface area contributed by atoms with E-state index in [9.17, 15) is 4.79 Å². The van der Waals surface area contributed by atoms with E-state index in [1.807, 2.05) is 0 Å². The van der Waals surface area contributed by atoms with Crippen LogP contribution in [-0.2, 0) is 16.1 Å². The van der Waals surface area contributed by atoms with Gasteiger partial charge in [0, 0.05) is 0 Å². The number of hydrogen-bond acceptors (Lipinski definition) is 4. The van der Waals surface area contributed by atoms with E-state index in [4.69, 9.17) is 5.73 Å². The Kier molecular flexibility index (Phi) is 2.62. The Morgan fingerprint density at radius 3 is 3.17 bits per heavy atom. The molecule has 0 radical (unpaired) electrons. The van der Waals surface area contributed by atoms with Crippen molar-refractivity contribution in [2.24, 2.45) is 0 Å². The predicted octanol–water partition coefficient (Wildman–Crippen LogP) is 0.209. The molecule has 66 valence electrons. The molecule has 0 amide bonds. The molecule has 0 unspecified atom stereocenters. The number of aromatic nitrogens is 2. The number of carbonyl (C=O) groups excluding carboxylic acids is 1. The molecule has 1 heterocycles. The van der Waals surface area contributed by atoms with E-state index in [0.717, 1.165) is 0 Å². The fraction of sp³-hybridized carbons (Fsp3) is 0.500. The molecule has 0 bridgehead atoms. The highest BCUT2D eigenvalue weighted by Crippen LogP contribution is 2.00. The first-order valence-electron chi connectivity index (χ1n) is 3.46. The van der Waals surface area contributed by atoms with E-state index < -0.39 is 5.97 Å². The van der Waals surface area contributed by atoms with E-state index in [2.05, 4.69) is 14.5 Å². The Hall–Kier alpha value is -1.59. The zero-order valence-electron chi connectivity index (χ0n) is 6.61. The Balaban J connectivity index is 2.46. The van der Waals surface area contributed by atoms with E-state index >= 15 is 0 Å². The minimum atomic E-state index is -0.393. The van der Waals surface area contributed by atoms with Crippen LogP contribution >= 0.6 is 0 Å². The van der Waals surface area contributed by atoms with Crippen LogP contribution in [0.1, 0.15) is 6.92 Å². The van der Waals surface area contributed by atoms with Gasteiger partial charge in [-0.25, -0.2) is 4.79 Å². The van der Waals surface area contributed by atoms with Crippen molar-refractivity contribution < 1.29 is 18.7 Å². The van der Waals surface area contributed by atoms with Crippen molar-refractivity contribution in [1.29, 1.82) is 0 Å². The molecule has 1 aromatic heterocycles. The standard InChI is InChI=1S/C6H9N3O3/c1-2-11-6(10)4-9-3-5(7)12-8-9/h3H,2,4H2,1H3,(H-,7,8). The molecule has 1 aromatic rings. The highest BCUT2D eigenvalue weighted by Gasteiger charge is 2.12. The lowest BCUT2D eigenvalue weighted by atomic mass is 10.6. The van der Waals surface area contributed by atoms with Gasteiger partial charge in [0.1, 0.15) is 5.88 Å². The molecule has 0 aliphatic carbocycles. The zero-order chi connectivity index (χ0) is 8.97. The van der Waals surface area contributed by atoms with Gasteiger partial charge in [0.2, 0.25) is 6.20 Å². The first kappa shape index (κ1) is 8.51. The van der Waals surface area contributed by atoms with Crippen LogP contribution in [0.15, 0.2) is 10.7 Å². The topological polar surface area (TPSA) is 80.0 Å². The van der Waals surface area contributed by atoms with E-state index in [1.165, 1.54) is 10.9 Å². The van der Waals surface area contributed by atoms with Gasteiger partial charge >= 0.3 is 5.97 Å². The molecule has 1 rings (SSSR count). The van der Waals surface area contributed by atoms with Gasteiger partial charge in [-0.05, 0) is 11.6 Å². The SMILES string of the molecule is CCOC(=O)C[n+]1cc([NH-])on1. The maximum Gasteiger partial charge on any atom is 0.375 e. The number of ether oxygens (including phenoxy) is 1. The first-order chi connectivity index (χ1) is 5.72. The highest BCUT2D eigenvalue weighted by atomic mass is 16.5. The molecule has 1 N–H and O–H groups in total. The van der Waals surface area contributed by atoms with Gasteiger partial charge < -0.3 is 15.0 Å². The van der Waals surface area contributed by atoms with Crippen molar-refractivity contribution in [2.75, 3.05) is 6.61 Å². The summed E-state index contributed by atoms with van der Waals surface area (Å²) in [7, 11) is 0. The molecule has 12 heavy (non-hydrogen) atoms. The van der Waals surface area contributed by atoms with Crippen molar-refractivity contribution in [3.63, 3.8) is 0 Å². The second-order valence-electron chi connectivity index (χ2n) is 2.07. The number of nitrogens with zero attached hydrogens (tertiary/aromatic N) is 2. The summed E-state index contributed by atoms with van der Waals surface area (Å²) < 4.78 is 10.3. The molecule has 0 aliphatic rings. The minimum absolute atomic E-state index is 0.0176. The largest absolute Gasteiger partial charge is 0.660 e. The quantitative estimate of drug-likeness (QED) is 0.481.